The van der Waals surface area contributed by atoms with Crippen LogP contribution in [0.2, 0.25) is 0 Å². The number of benzene rings is 1. The summed E-state index contributed by atoms with van der Waals surface area (Å²) in [7, 11) is 1.74. The number of guanidine groups is 1. The number of halogens is 2. The van der Waals surface area contributed by atoms with Gasteiger partial charge in [-0.2, -0.15) is 0 Å². The second kappa shape index (κ2) is 9.45. The Bertz CT molecular complexity index is 814. The van der Waals surface area contributed by atoms with E-state index in [2.05, 4.69) is 20.6 Å². The van der Waals surface area contributed by atoms with Gasteiger partial charge in [0.1, 0.15) is 11.6 Å². The van der Waals surface area contributed by atoms with Crippen LogP contribution in [0.3, 0.4) is 0 Å². The number of hydrogen-bond donors (Lipinski definition) is 3. The highest BCUT2D eigenvalue weighted by Crippen LogP contribution is 2.19. The smallest absolute Gasteiger partial charge is 0.191 e. The van der Waals surface area contributed by atoms with Gasteiger partial charge in [-0.25, -0.2) is 4.39 Å². The Kier molecular flexibility index (Phi) is 7.30. The minimum absolute atomic E-state index is 0. The highest BCUT2D eigenvalue weighted by molar-refractivity contribution is 14.0. The van der Waals surface area contributed by atoms with Crippen LogP contribution in [0.15, 0.2) is 52.2 Å². The Morgan fingerprint density at radius 3 is 2.72 bits per heavy atom. The van der Waals surface area contributed by atoms with Gasteiger partial charge >= 0.3 is 0 Å². The number of nitrogens with one attached hydrogen (secondary N) is 3. The van der Waals surface area contributed by atoms with Crippen LogP contribution in [0.25, 0.3) is 10.9 Å². The molecule has 2 heterocycles. The molecular weight excluding hydrogens is 434 g/mol. The summed E-state index contributed by atoms with van der Waals surface area (Å²) in [6, 6.07) is 8.63. The number of aliphatic imine (C=N–C) groups is 1. The minimum atomic E-state index is -0.216. The summed E-state index contributed by atoms with van der Waals surface area (Å²) in [5.74, 6) is 1.47. The Labute approximate surface area is 163 Å². The summed E-state index contributed by atoms with van der Waals surface area (Å²) in [4.78, 5) is 7.36. The summed E-state index contributed by atoms with van der Waals surface area (Å²) >= 11 is 0. The van der Waals surface area contributed by atoms with Crippen LogP contribution >= 0.6 is 24.0 Å². The van der Waals surface area contributed by atoms with E-state index in [4.69, 9.17) is 4.42 Å². The van der Waals surface area contributed by atoms with E-state index in [1.807, 2.05) is 18.3 Å². The second-order valence-electron chi connectivity index (χ2n) is 5.51. The monoisotopic (exact) mass is 456 g/mol. The number of H-pyrrole nitrogens is 1. The van der Waals surface area contributed by atoms with Crippen molar-refractivity contribution in [2.24, 2.45) is 4.99 Å². The highest BCUT2D eigenvalue weighted by atomic mass is 127. The van der Waals surface area contributed by atoms with Gasteiger partial charge < -0.3 is 20.0 Å². The predicted octanol–water partition coefficient (Wildman–Crippen LogP) is 3.47. The second-order valence-corrected chi connectivity index (χ2v) is 5.51. The predicted molar refractivity (Wildman–Crippen MR) is 109 cm³/mol. The fourth-order valence-electron chi connectivity index (χ4n) is 2.65. The molecule has 25 heavy (non-hydrogen) atoms. The van der Waals surface area contributed by atoms with Crippen molar-refractivity contribution in [2.75, 3.05) is 20.1 Å². The first-order valence-electron chi connectivity index (χ1n) is 7.98. The lowest BCUT2D eigenvalue weighted by molar-refractivity contribution is 0.507. The van der Waals surface area contributed by atoms with Crippen molar-refractivity contribution in [3.8, 4) is 0 Å². The summed E-state index contributed by atoms with van der Waals surface area (Å²) in [5, 5.41) is 7.44. The van der Waals surface area contributed by atoms with E-state index in [9.17, 15) is 4.39 Å². The van der Waals surface area contributed by atoms with Gasteiger partial charge in [0, 0.05) is 43.7 Å². The van der Waals surface area contributed by atoms with E-state index < -0.39 is 0 Å². The molecule has 0 saturated heterocycles. The van der Waals surface area contributed by atoms with Crippen molar-refractivity contribution in [3.63, 3.8) is 0 Å². The average Bonchev–Trinajstić information content (AvgIpc) is 3.23. The zero-order valence-corrected chi connectivity index (χ0v) is 16.3. The van der Waals surface area contributed by atoms with E-state index in [0.717, 1.165) is 47.6 Å². The van der Waals surface area contributed by atoms with Crippen molar-refractivity contribution in [1.29, 1.82) is 0 Å². The van der Waals surface area contributed by atoms with Crippen LogP contribution in [0, 0.1) is 5.82 Å². The van der Waals surface area contributed by atoms with Gasteiger partial charge in [-0.05, 0) is 42.3 Å². The molecule has 7 heteroatoms. The van der Waals surface area contributed by atoms with E-state index in [1.54, 1.807) is 25.4 Å². The maximum absolute atomic E-state index is 13.4. The van der Waals surface area contributed by atoms with Gasteiger partial charge in [-0.15, -0.1) is 24.0 Å². The summed E-state index contributed by atoms with van der Waals surface area (Å²) < 4.78 is 18.7. The molecule has 0 radical (unpaired) electrons. The van der Waals surface area contributed by atoms with E-state index in [0.29, 0.717) is 6.54 Å². The molecule has 0 aliphatic carbocycles. The van der Waals surface area contributed by atoms with Gasteiger partial charge in [0.25, 0.3) is 0 Å². The fourth-order valence-corrected chi connectivity index (χ4v) is 2.65. The van der Waals surface area contributed by atoms with Crippen molar-refractivity contribution in [2.45, 2.75) is 12.8 Å². The molecule has 5 nitrogen and oxygen atoms in total. The lowest BCUT2D eigenvalue weighted by Gasteiger charge is -2.11. The molecule has 0 unspecified atom stereocenters. The first kappa shape index (κ1) is 19.3. The van der Waals surface area contributed by atoms with Crippen LogP contribution in [0.4, 0.5) is 4.39 Å². The Balaban J connectivity index is 0.00000225. The van der Waals surface area contributed by atoms with Crippen LogP contribution in [-0.2, 0) is 12.8 Å². The largest absolute Gasteiger partial charge is 0.469 e. The van der Waals surface area contributed by atoms with Crippen molar-refractivity contribution in [3.05, 3.63) is 59.9 Å². The summed E-state index contributed by atoms with van der Waals surface area (Å²) in [5.41, 5.74) is 2.04. The van der Waals surface area contributed by atoms with Crippen LogP contribution < -0.4 is 10.6 Å². The molecule has 134 valence electrons. The number of aromatic amines is 1. The minimum Gasteiger partial charge on any atom is -0.469 e. The molecule has 3 N–H and O–H groups in total. The van der Waals surface area contributed by atoms with Gasteiger partial charge in [0.05, 0.1) is 6.26 Å². The first-order chi connectivity index (χ1) is 11.8. The molecule has 0 aliphatic rings. The third-order valence-corrected chi connectivity index (χ3v) is 3.88. The van der Waals surface area contributed by atoms with Crippen LogP contribution in [0.1, 0.15) is 11.3 Å². The third kappa shape index (κ3) is 5.22. The Hall–Kier alpha value is -2.03. The fraction of sp³-hybridized carbons (Fsp3) is 0.278. The molecule has 0 bridgehead atoms. The summed E-state index contributed by atoms with van der Waals surface area (Å²) in [6.45, 7) is 1.45. The van der Waals surface area contributed by atoms with E-state index in [-0.39, 0.29) is 29.8 Å². The molecule has 0 aliphatic heterocycles. The lowest BCUT2D eigenvalue weighted by Crippen LogP contribution is -2.39. The first-order valence-corrected chi connectivity index (χ1v) is 7.98. The SMILES string of the molecule is CN=C(NCCc1ccco1)NCCc1c[nH]c2ccc(F)cc12.I. The Morgan fingerprint density at radius 2 is 2.00 bits per heavy atom. The molecule has 2 aromatic heterocycles. The number of furan rings is 1. The molecular formula is C18H22FIN4O. The highest BCUT2D eigenvalue weighted by Gasteiger charge is 2.05. The molecule has 3 aromatic rings. The standard InChI is InChI=1S/C18H21FN4O.HI/c1-20-18(22-9-7-15-3-2-10-24-15)21-8-6-13-12-23-17-5-4-14(19)11-16(13)17;/h2-5,10-12,23H,6-9H2,1H3,(H2,20,21,22);1H. The van der Waals surface area contributed by atoms with Gasteiger partial charge in [-0.3, -0.25) is 4.99 Å². The van der Waals surface area contributed by atoms with Crippen molar-refractivity contribution >= 4 is 40.8 Å². The number of nitrogens with zero attached hydrogens (tertiary/aromatic N) is 1. The number of hydrogen-bond acceptors (Lipinski definition) is 2. The molecule has 0 fully saturated rings. The topological polar surface area (TPSA) is 65.3 Å². The van der Waals surface area contributed by atoms with Crippen molar-refractivity contribution in [1.82, 2.24) is 15.6 Å². The van der Waals surface area contributed by atoms with E-state index in [1.165, 1.54) is 6.07 Å². The summed E-state index contributed by atoms with van der Waals surface area (Å²) in [6.07, 6.45) is 5.18. The number of rotatable bonds is 6. The molecule has 1 aromatic carbocycles. The maximum Gasteiger partial charge on any atom is 0.191 e. The zero-order chi connectivity index (χ0) is 16.8. The molecule has 3 rings (SSSR count). The third-order valence-electron chi connectivity index (χ3n) is 3.88. The van der Waals surface area contributed by atoms with Crippen LogP contribution in [-0.4, -0.2) is 31.1 Å². The molecule has 0 saturated carbocycles. The van der Waals surface area contributed by atoms with Crippen LogP contribution in [0.5, 0.6) is 0 Å². The molecule has 0 atom stereocenters. The van der Waals surface area contributed by atoms with Crippen molar-refractivity contribution < 1.29 is 8.81 Å². The zero-order valence-electron chi connectivity index (χ0n) is 14.0. The normalized spacial score (nSPS) is 11.4. The number of fused-ring (bicyclic) bond motifs is 1. The van der Waals surface area contributed by atoms with Gasteiger partial charge in [0.15, 0.2) is 5.96 Å². The quantitative estimate of drug-likeness (QED) is 0.303. The average molecular weight is 456 g/mol. The Morgan fingerprint density at radius 1 is 1.20 bits per heavy atom. The number of aromatic nitrogens is 1. The van der Waals surface area contributed by atoms with E-state index >= 15 is 0 Å². The van der Waals surface area contributed by atoms with Gasteiger partial charge in [-0.1, -0.05) is 0 Å². The maximum atomic E-state index is 13.4. The molecule has 0 amide bonds. The lowest BCUT2D eigenvalue weighted by atomic mass is 10.1. The van der Waals surface area contributed by atoms with Gasteiger partial charge in [0.2, 0.25) is 0 Å². The molecule has 0 spiro atoms.